The fraction of sp³-hybridized carbons (Fsp3) is 0. The number of aromatic nitrogens is 2. The number of pyridine rings is 2. The number of rotatable bonds is 0. The summed E-state index contributed by atoms with van der Waals surface area (Å²) in [7, 11) is 0. The maximum Gasteiger partial charge on any atom is 0.133 e. The lowest BCUT2D eigenvalue weighted by Crippen LogP contribution is -1.64. The quantitative estimate of drug-likeness (QED) is 0.661. The molecule has 2 aromatic heterocycles. The molecule has 72 valence electrons. The molecule has 0 aliphatic carbocycles. The normalized spacial score (nSPS) is 8.57. The van der Waals surface area contributed by atoms with Gasteiger partial charge in [0.2, 0.25) is 0 Å². The lowest BCUT2D eigenvalue weighted by atomic mass is 10.5. The molecule has 0 atom stereocenters. The van der Waals surface area contributed by atoms with E-state index in [-0.39, 0.29) is 11.5 Å². The van der Waals surface area contributed by atoms with E-state index in [1.807, 2.05) is 0 Å². The summed E-state index contributed by atoms with van der Waals surface area (Å²) in [6.07, 6.45) is 6.00. The summed E-state index contributed by atoms with van der Waals surface area (Å²) >= 11 is 0. The lowest BCUT2D eigenvalue weighted by Gasteiger charge is -1.81. The summed E-state index contributed by atoms with van der Waals surface area (Å²) in [6.45, 7) is 0. The second-order valence-electron chi connectivity index (χ2n) is 2.42. The Morgan fingerprint density at radius 2 is 1.21 bits per heavy atom. The molecule has 0 saturated heterocycles. The van der Waals surface area contributed by atoms with Crippen molar-refractivity contribution < 1.29 is 10.2 Å². The molecular formula is C10H10N2O2. The van der Waals surface area contributed by atoms with Crippen LogP contribution < -0.4 is 0 Å². The first kappa shape index (κ1) is 9.98. The third-order valence-corrected chi connectivity index (χ3v) is 1.29. The summed E-state index contributed by atoms with van der Waals surface area (Å²) in [4.78, 5) is 7.27. The van der Waals surface area contributed by atoms with Gasteiger partial charge in [-0.05, 0) is 24.3 Å². The van der Waals surface area contributed by atoms with Gasteiger partial charge in [0.05, 0.1) is 12.4 Å². The third-order valence-electron chi connectivity index (χ3n) is 1.29. The SMILES string of the molecule is Oc1cccnc1.Oc1cccnc1. The standard InChI is InChI=1S/2C5H5NO/c2*7-5-2-1-3-6-4-5/h2*1-4,7H. The fourth-order valence-corrected chi connectivity index (χ4v) is 0.707. The van der Waals surface area contributed by atoms with Crippen molar-refractivity contribution in [2.75, 3.05) is 0 Å². The van der Waals surface area contributed by atoms with Crippen LogP contribution in [0.4, 0.5) is 0 Å². The molecule has 0 spiro atoms. The minimum Gasteiger partial charge on any atom is -0.506 e. The van der Waals surface area contributed by atoms with Gasteiger partial charge in [0.1, 0.15) is 11.5 Å². The lowest BCUT2D eigenvalue weighted by molar-refractivity contribution is 0.472. The Labute approximate surface area is 81.5 Å². The summed E-state index contributed by atoms with van der Waals surface area (Å²) in [5.41, 5.74) is 0. The summed E-state index contributed by atoms with van der Waals surface area (Å²) in [5.74, 6) is 0.421. The van der Waals surface area contributed by atoms with Crippen molar-refractivity contribution in [3.05, 3.63) is 49.1 Å². The Morgan fingerprint density at radius 3 is 1.36 bits per heavy atom. The van der Waals surface area contributed by atoms with Crippen LogP contribution >= 0.6 is 0 Å². The van der Waals surface area contributed by atoms with Crippen LogP contribution in [-0.4, -0.2) is 20.2 Å². The van der Waals surface area contributed by atoms with E-state index in [2.05, 4.69) is 9.97 Å². The molecule has 14 heavy (non-hydrogen) atoms. The maximum absolute atomic E-state index is 8.57. The van der Waals surface area contributed by atoms with Crippen LogP contribution in [0.2, 0.25) is 0 Å². The Morgan fingerprint density at radius 1 is 0.786 bits per heavy atom. The molecule has 0 aromatic carbocycles. The first-order chi connectivity index (χ1) is 6.79. The van der Waals surface area contributed by atoms with Gasteiger partial charge < -0.3 is 10.2 Å². The van der Waals surface area contributed by atoms with E-state index in [1.165, 1.54) is 12.4 Å². The second-order valence-corrected chi connectivity index (χ2v) is 2.42. The van der Waals surface area contributed by atoms with Crippen molar-refractivity contribution >= 4 is 0 Å². The van der Waals surface area contributed by atoms with Crippen molar-refractivity contribution in [3.63, 3.8) is 0 Å². The zero-order valence-corrected chi connectivity index (χ0v) is 7.41. The second kappa shape index (κ2) is 5.53. The number of aromatic hydroxyl groups is 2. The fourth-order valence-electron chi connectivity index (χ4n) is 0.707. The average Bonchev–Trinajstić information content (AvgIpc) is 2.21. The Kier molecular flexibility index (Phi) is 3.94. The van der Waals surface area contributed by atoms with E-state index >= 15 is 0 Å². The number of nitrogens with zero attached hydrogens (tertiary/aromatic N) is 2. The van der Waals surface area contributed by atoms with Gasteiger partial charge in [-0.25, -0.2) is 0 Å². The van der Waals surface area contributed by atoms with Gasteiger partial charge in [-0.3, -0.25) is 9.97 Å². The van der Waals surface area contributed by atoms with Gasteiger partial charge in [0.25, 0.3) is 0 Å². The van der Waals surface area contributed by atoms with Crippen LogP contribution in [0.1, 0.15) is 0 Å². The van der Waals surface area contributed by atoms with Crippen molar-refractivity contribution in [2.24, 2.45) is 0 Å². The molecular weight excluding hydrogens is 180 g/mol. The van der Waals surface area contributed by atoms with Crippen LogP contribution in [0.5, 0.6) is 11.5 Å². The topological polar surface area (TPSA) is 66.2 Å². The van der Waals surface area contributed by atoms with Crippen molar-refractivity contribution in [1.82, 2.24) is 9.97 Å². The van der Waals surface area contributed by atoms with Gasteiger partial charge in [-0.1, -0.05) is 0 Å². The first-order valence-corrected chi connectivity index (χ1v) is 3.97. The molecule has 4 nitrogen and oxygen atoms in total. The van der Waals surface area contributed by atoms with Crippen molar-refractivity contribution in [2.45, 2.75) is 0 Å². The number of hydrogen-bond donors (Lipinski definition) is 2. The Bertz CT molecular complexity index is 314. The molecule has 0 unspecified atom stereocenters. The predicted molar refractivity (Wildman–Crippen MR) is 51.8 cm³/mol. The first-order valence-electron chi connectivity index (χ1n) is 3.97. The zero-order valence-electron chi connectivity index (χ0n) is 7.41. The van der Waals surface area contributed by atoms with Crippen LogP contribution in [0, 0.1) is 0 Å². The molecule has 2 rings (SSSR count). The molecule has 0 aliphatic rings. The molecule has 0 amide bonds. The van der Waals surface area contributed by atoms with E-state index in [4.69, 9.17) is 10.2 Å². The van der Waals surface area contributed by atoms with E-state index < -0.39 is 0 Å². The maximum atomic E-state index is 8.57. The van der Waals surface area contributed by atoms with Crippen molar-refractivity contribution in [1.29, 1.82) is 0 Å². The average molecular weight is 190 g/mol. The van der Waals surface area contributed by atoms with Crippen LogP contribution in [0.3, 0.4) is 0 Å². The highest BCUT2D eigenvalue weighted by Gasteiger charge is 1.76. The van der Waals surface area contributed by atoms with E-state index in [9.17, 15) is 0 Å². The monoisotopic (exact) mass is 190 g/mol. The molecule has 0 radical (unpaired) electrons. The summed E-state index contributed by atoms with van der Waals surface area (Å²) in [6, 6.07) is 6.50. The summed E-state index contributed by atoms with van der Waals surface area (Å²) in [5, 5.41) is 17.1. The molecule has 0 fully saturated rings. The highest BCUT2D eigenvalue weighted by Crippen LogP contribution is 2.00. The van der Waals surface area contributed by atoms with Gasteiger partial charge in [-0.15, -0.1) is 0 Å². The Hall–Kier alpha value is -2.10. The third kappa shape index (κ3) is 4.06. The minimum absolute atomic E-state index is 0.211. The molecule has 2 aromatic rings. The van der Waals surface area contributed by atoms with E-state index in [0.717, 1.165) is 0 Å². The van der Waals surface area contributed by atoms with E-state index in [1.54, 1.807) is 36.7 Å². The van der Waals surface area contributed by atoms with Crippen molar-refractivity contribution in [3.8, 4) is 11.5 Å². The molecule has 0 saturated carbocycles. The van der Waals surface area contributed by atoms with Crippen LogP contribution in [0.15, 0.2) is 49.1 Å². The van der Waals surface area contributed by atoms with E-state index in [0.29, 0.717) is 0 Å². The minimum atomic E-state index is 0.211. The highest BCUT2D eigenvalue weighted by atomic mass is 16.3. The molecule has 4 heteroatoms. The summed E-state index contributed by atoms with van der Waals surface area (Å²) < 4.78 is 0. The molecule has 0 bridgehead atoms. The highest BCUT2D eigenvalue weighted by molar-refractivity contribution is 5.12. The molecule has 2 heterocycles. The van der Waals surface area contributed by atoms with Gasteiger partial charge in [-0.2, -0.15) is 0 Å². The van der Waals surface area contributed by atoms with Gasteiger partial charge in [0, 0.05) is 12.4 Å². The largest absolute Gasteiger partial charge is 0.506 e. The van der Waals surface area contributed by atoms with Gasteiger partial charge >= 0.3 is 0 Å². The Balaban J connectivity index is 0.000000140. The molecule has 0 aliphatic heterocycles. The van der Waals surface area contributed by atoms with Gasteiger partial charge in [0.15, 0.2) is 0 Å². The smallest absolute Gasteiger partial charge is 0.133 e. The number of hydrogen-bond acceptors (Lipinski definition) is 4. The zero-order chi connectivity index (χ0) is 10.2. The molecule has 2 N–H and O–H groups in total. The predicted octanol–water partition coefficient (Wildman–Crippen LogP) is 1.57. The van der Waals surface area contributed by atoms with Crippen LogP contribution in [0.25, 0.3) is 0 Å². The van der Waals surface area contributed by atoms with Crippen LogP contribution in [-0.2, 0) is 0 Å².